The van der Waals surface area contributed by atoms with E-state index < -0.39 is 5.60 Å². The highest BCUT2D eigenvalue weighted by atomic mass is 16.4. The summed E-state index contributed by atoms with van der Waals surface area (Å²) in [5.74, 6) is 0.879. The number of nitrogens with zero attached hydrogens (tertiary/aromatic N) is 1. The first-order valence-corrected chi connectivity index (χ1v) is 6.45. The van der Waals surface area contributed by atoms with Gasteiger partial charge < -0.3 is 21.4 Å². The monoisotopic (exact) mass is 243 g/mol. The number of nitrogens with one attached hydrogen (secondary N) is 1. The standard InChI is InChI=1S/C12H25N3O2/c1-10-4-2-6-12(16,8-10)9-14-7-3-5-11(13)15-17/h10,14,16-17H,2-9H2,1H3,(H2,13,15). The first-order valence-electron chi connectivity index (χ1n) is 6.45. The van der Waals surface area contributed by atoms with Crippen LogP contribution in [0.5, 0.6) is 0 Å². The number of oxime groups is 1. The molecule has 1 saturated carbocycles. The molecule has 17 heavy (non-hydrogen) atoms. The molecule has 1 rings (SSSR count). The molecule has 2 atom stereocenters. The number of amidine groups is 1. The van der Waals surface area contributed by atoms with Crippen molar-refractivity contribution in [1.29, 1.82) is 0 Å². The summed E-state index contributed by atoms with van der Waals surface area (Å²) in [5.41, 5.74) is 4.83. The van der Waals surface area contributed by atoms with Gasteiger partial charge in [0.15, 0.2) is 0 Å². The highest BCUT2D eigenvalue weighted by Gasteiger charge is 2.31. The Balaban J connectivity index is 2.13. The molecule has 0 amide bonds. The van der Waals surface area contributed by atoms with Gasteiger partial charge in [-0.15, -0.1) is 0 Å². The van der Waals surface area contributed by atoms with Gasteiger partial charge in [0.2, 0.25) is 0 Å². The molecule has 100 valence electrons. The molecule has 5 nitrogen and oxygen atoms in total. The average Bonchev–Trinajstić information content (AvgIpc) is 2.27. The highest BCUT2D eigenvalue weighted by molar-refractivity contribution is 5.79. The summed E-state index contributed by atoms with van der Waals surface area (Å²) in [6, 6.07) is 0. The van der Waals surface area contributed by atoms with E-state index in [1.807, 2.05) is 0 Å². The number of aliphatic hydroxyl groups is 1. The third-order valence-electron chi connectivity index (χ3n) is 3.44. The van der Waals surface area contributed by atoms with E-state index in [4.69, 9.17) is 10.9 Å². The summed E-state index contributed by atoms with van der Waals surface area (Å²) >= 11 is 0. The van der Waals surface area contributed by atoms with Gasteiger partial charge in [-0.25, -0.2) is 0 Å². The zero-order chi connectivity index (χ0) is 12.7. The molecule has 1 aliphatic rings. The van der Waals surface area contributed by atoms with Gasteiger partial charge in [0.05, 0.1) is 5.60 Å². The Morgan fingerprint density at radius 3 is 3.00 bits per heavy atom. The second-order valence-corrected chi connectivity index (χ2v) is 5.30. The fourth-order valence-corrected chi connectivity index (χ4v) is 2.56. The predicted molar refractivity (Wildman–Crippen MR) is 68.1 cm³/mol. The van der Waals surface area contributed by atoms with E-state index in [9.17, 15) is 5.11 Å². The van der Waals surface area contributed by atoms with Crippen molar-refractivity contribution in [1.82, 2.24) is 5.32 Å². The zero-order valence-electron chi connectivity index (χ0n) is 10.7. The summed E-state index contributed by atoms with van der Waals surface area (Å²) in [6.45, 7) is 3.63. The molecule has 0 bridgehead atoms. The van der Waals surface area contributed by atoms with Gasteiger partial charge in [0.25, 0.3) is 0 Å². The first-order chi connectivity index (χ1) is 8.06. The third-order valence-corrected chi connectivity index (χ3v) is 3.44. The van der Waals surface area contributed by atoms with Crippen LogP contribution in [0.2, 0.25) is 0 Å². The van der Waals surface area contributed by atoms with Crippen LogP contribution in [0.3, 0.4) is 0 Å². The smallest absolute Gasteiger partial charge is 0.139 e. The van der Waals surface area contributed by atoms with Crippen molar-refractivity contribution in [3.05, 3.63) is 0 Å². The second kappa shape index (κ2) is 6.81. The van der Waals surface area contributed by atoms with E-state index in [1.54, 1.807) is 0 Å². The van der Waals surface area contributed by atoms with Crippen LogP contribution in [-0.2, 0) is 0 Å². The number of rotatable bonds is 6. The van der Waals surface area contributed by atoms with Crippen LogP contribution < -0.4 is 11.1 Å². The quantitative estimate of drug-likeness (QED) is 0.184. The number of hydrogen-bond acceptors (Lipinski definition) is 4. The Kier molecular flexibility index (Phi) is 5.71. The largest absolute Gasteiger partial charge is 0.409 e. The van der Waals surface area contributed by atoms with Crippen molar-refractivity contribution in [2.24, 2.45) is 16.8 Å². The lowest BCUT2D eigenvalue weighted by Gasteiger charge is -2.35. The molecule has 1 fully saturated rings. The molecule has 0 radical (unpaired) electrons. The van der Waals surface area contributed by atoms with Gasteiger partial charge in [0, 0.05) is 13.0 Å². The lowest BCUT2D eigenvalue weighted by atomic mass is 9.79. The molecular formula is C12H25N3O2. The van der Waals surface area contributed by atoms with E-state index in [-0.39, 0.29) is 5.84 Å². The number of nitrogens with two attached hydrogens (primary N) is 1. The maximum Gasteiger partial charge on any atom is 0.139 e. The molecule has 0 saturated heterocycles. The fourth-order valence-electron chi connectivity index (χ4n) is 2.56. The molecule has 0 aliphatic heterocycles. The minimum atomic E-state index is -0.533. The van der Waals surface area contributed by atoms with Crippen molar-refractivity contribution in [3.63, 3.8) is 0 Å². The van der Waals surface area contributed by atoms with Gasteiger partial charge in [-0.05, 0) is 31.7 Å². The normalized spacial score (nSPS) is 30.5. The van der Waals surface area contributed by atoms with Crippen molar-refractivity contribution in [3.8, 4) is 0 Å². The molecule has 5 N–H and O–H groups in total. The Morgan fingerprint density at radius 2 is 2.35 bits per heavy atom. The molecule has 2 unspecified atom stereocenters. The van der Waals surface area contributed by atoms with Crippen molar-refractivity contribution >= 4 is 5.84 Å². The maximum atomic E-state index is 10.3. The summed E-state index contributed by atoms with van der Waals surface area (Å²) < 4.78 is 0. The lowest BCUT2D eigenvalue weighted by molar-refractivity contribution is -0.0115. The van der Waals surface area contributed by atoms with Crippen LogP contribution in [0.1, 0.15) is 45.4 Å². The summed E-state index contributed by atoms with van der Waals surface area (Å²) in [5, 5.41) is 24.9. The Labute approximate surface area is 103 Å². The molecule has 0 aromatic heterocycles. The molecular weight excluding hydrogens is 218 g/mol. The van der Waals surface area contributed by atoms with E-state index >= 15 is 0 Å². The maximum absolute atomic E-state index is 10.3. The van der Waals surface area contributed by atoms with Crippen LogP contribution in [-0.4, -0.2) is 34.8 Å². The van der Waals surface area contributed by atoms with Crippen molar-refractivity contribution in [2.45, 2.75) is 51.0 Å². The van der Waals surface area contributed by atoms with Crippen LogP contribution >= 0.6 is 0 Å². The third kappa shape index (κ3) is 5.37. The Bertz CT molecular complexity index is 258. The SMILES string of the molecule is CC1CCCC(O)(CNCCCC(N)=NO)C1. The van der Waals surface area contributed by atoms with Gasteiger partial charge in [0.1, 0.15) is 5.84 Å². The van der Waals surface area contributed by atoms with Crippen molar-refractivity contribution in [2.75, 3.05) is 13.1 Å². The highest BCUT2D eigenvalue weighted by Crippen LogP contribution is 2.31. The average molecular weight is 243 g/mol. The van der Waals surface area contributed by atoms with Gasteiger partial charge in [-0.3, -0.25) is 0 Å². The molecule has 0 aromatic rings. The predicted octanol–water partition coefficient (Wildman–Crippen LogP) is 1.04. The van der Waals surface area contributed by atoms with Gasteiger partial charge in [-0.1, -0.05) is 24.9 Å². The van der Waals surface area contributed by atoms with E-state index in [0.717, 1.165) is 32.2 Å². The lowest BCUT2D eigenvalue weighted by Crippen LogP contribution is -2.44. The summed E-state index contributed by atoms with van der Waals surface area (Å²) in [6.07, 6.45) is 5.53. The summed E-state index contributed by atoms with van der Waals surface area (Å²) in [4.78, 5) is 0. The second-order valence-electron chi connectivity index (χ2n) is 5.30. The molecule has 0 heterocycles. The molecule has 1 aliphatic carbocycles. The fraction of sp³-hybridized carbons (Fsp3) is 0.917. The van der Waals surface area contributed by atoms with Crippen LogP contribution in [0, 0.1) is 5.92 Å². The van der Waals surface area contributed by atoms with Crippen LogP contribution in [0.15, 0.2) is 5.16 Å². The topological polar surface area (TPSA) is 90.9 Å². The van der Waals surface area contributed by atoms with Gasteiger partial charge in [-0.2, -0.15) is 0 Å². The van der Waals surface area contributed by atoms with Crippen molar-refractivity contribution < 1.29 is 10.3 Å². The van der Waals surface area contributed by atoms with E-state index in [2.05, 4.69) is 17.4 Å². The van der Waals surface area contributed by atoms with E-state index in [0.29, 0.717) is 18.9 Å². The summed E-state index contributed by atoms with van der Waals surface area (Å²) in [7, 11) is 0. The zero-order valence-corrected chi connectivity index (χ0v) is 10.7. The van der Waals surface area contributed by atoms with Gasteiger partial charge >= 0.3 is 0 Å². The van der Waals surface area contributed by atoms with E-state index in [1.165, 1.54) is 6.42 Å². The minimum absolute atomic E-state index is 0.261. The molecule has 0 spiro atoms. The van der Waals surface area contributed by atoms with Crippen LogP contribution in [0.4, 0.5) is 0 Å². The Morgan fingerprint density at radius 1 is 1.59 bits per heavy atom. The Hall–Kier alpha value is -0.810. The first kappa shape index (κ1) is 14.3. The number of hydrogen-bond donors (Lipinski definition) is 4. The minimum Gasteiger partial charge on any atom is -0.409 e. The van der Waals surface area contributed by atoms with Crippen LogP contribution in [0.25, 0.3) is 0 Å². The molecule has 0 aromatic carbocycles. The molecule has 5 heteroatoms.